The molecule has 1 aliphatic rings. The zero-order valence-corrected chi connectivity index (χ0v) is 56.5. The van der Waals surface area contributed by atoms with Crippen LogP contribution in [0.5, 0.6) is 0 Å². The van der Waals surface area contributed by atoms with Crippen LogP contribution in [0.4, 0.5) is 0 Å². The summed E-state index contributed by atoms with van der Waals surface area (Å²) in [5.74, 6) is 0. The number of hydrogen-bond acceptors (Lipinski definition) is 0. The van der Waals surface area contributed by atoms with Crippen molar-refractivity contribution >= 4 is 75.4 Å². The quantitative estimate of drug-likeness (QED) is 0.0442. The Morgan fingerprint density at radius 3 is 1.30 bits per heavy atom. The standard InChI is InChI=1S/C89H100/c1-13-17-21-25-32-57-46-58(33-26-22-18-14-2)49-63(48-57)80-76-56-75-74-52-62(73-53-66(88(8,9)10)55-78-83(73)69-45-43-65(87(5,6)7)54-77(69)89(78,11)12)42-44-67(74)68-38-31-41-72(82(68)75)84(76)81(86-71-40-30-37-61-36-29-39-70(79(61)71)85(80)86)64-50-59(34-27-23-19-15-3)47-60(51-64)35-28-24-20-16-4/h29-31,36-56H,13-28,32-35H2,1-12H3. The number of benzene rings is 10. The van der Waals surface area contributed by atoms with Gasteiger partial charge in [0.15, 0.2) is 0 Å². The van der Waals surface area contributed by atoms with E-state index in [2.05, 4.69) is 229 Å². The fourth-order valence-corrected chi connectivity index (χ4v) is 16.3. The SMILES string of the molecule is CCCCCCc1cc(CCCCCC)cc(-c2c3cc4c5cc(-c6cc(C(C)(C)C)cc7c6-c6ccc(C(C)(C)C)cc6C7(C)C)ccc5c5cccc(c3c(-c3cc(CCCCCC)cc(CCCCCC)c3)c3c6cccc7cccc(c23)c76)c54)c1. The van der Waals surface area contributed by atoms with Crippen LogP contribution in [-0.4, -0.2) is 0 Å². The Bertz CT molecular complexity index is 4510. The van der Waals surface area contributed by atoms with E-state index in [1.54, 1.807) is 0 Å². The van der Waals surface area contributed by atoms with Crippen molar-refractivity contribution in [2.75, 3.05) is 0 Å². The maximum Gasteiger partial charge on any atom is 0.0159 e. The average Bonchev–Trinajstić information content (AvgIpc) is 1.59. The van der Waals surface area contributed by atoms with Gasteiger partial charge in [-0.1, -0.05) is 288 Å². The third kappa shape index (κ3) is 11.1. The Balaban J connectivity index is 1.17. The van der Waals surface area contributed by atoms with Crippen LogP contribution >= 0.6 is 0 Å². The van der Waals surface area contributed by atoms with Gasteiger partial charge in [-0.25, -0.2) is 0 Å². The van der Waals surface area contributed by atoms with E-state index in [-0.39, 0.29) is 16.2 Å². The molecule has 0 saturated heterocycles. The summed E-state index contributed by atoms with van der Waals surface area (Å²) in [5.41, 5.74) is 22.7. The van der Waals surface area contributed by atoms with E-state index in [1.165, 1.54) is 267 Å². The first kappa shape index (κ1) is 60.9. The van der Waals surface area contributed by atoms with Crippen LogP contribution in [0.15, 0.2) is 146 Å². The average molecular weight is 1170 g/mol. The minimum atomic E-state index is -0.148. The molecular weight excluding hydrogens is 1070 g/mol. The molecule has 0 aromatic heterocycles. The van der Waals surface area contributed by atoms with Crippen molar-refractivity contribution in [2.45, 2.75) is 228 Å². The minimum absolute atomic E-state index is 0.0341. The van der Waals surface area contributed by atoms with E-state index in [9.17, 15) is 0 Å². The lowest BCUT2D eigenvalue weighted by Crippen LogP contribution is -2.19. The van der Waals surface area contributed by atoms with Crippen molar-refractivity contribution < 1.29 is 0 Å². The zero-order chi connectivity index (χ0) is 61.9. The van der Waals surface area contributed by atoms with Gasteiger partial charge in [0.1, 0.15) is 0 Å². The van der Waals surface area contributed by atoms with Crippen LogP contribution in [0.2, 0.25) is 0 Å². The number of aryl methyl sites for hydroxylation is 4. The Morgan fingerprint density at radius 2 is 0.775 bits per heavy atom. The minimum Gasteiger partial charge on any atom is -0.0654 e. The maximum absolute atomic E-state index is 2.73. The number of rotatable bonds is 23. The van der Waals surface area contributed by atoms with Crippen LogP contribution in [-0.2, 0) is 41.9 Å². The number of fused-ring (bicyclic) bond motifs is 11. The second kappa shape index (κ2) is 24.6. The van der Waals surface area contributed by atoms with Crippen LogP contribution in [0.3, 0.4) is 0 Å². The van der Waals surface area contributed by atoms with E-state index in [1.807, 2.05) is 0 Å². The lowest BCUT2D eigenvalue weighted by atomic mass is 9.76. The summed E-state index contributed by atoms with van der Waals surface area (Å²) in [5, 5.41) is 19.4. The molecule has 0 spiro atoms. The molecule has 0 radical (unpaired) electrons. The molecule has 456 valence electrons. The van der Waals surface area contributed by atoms with E-state index >= 15 is 0 Å². The topological polar surface area (TPSA) is 0 Å². The van der Waals surface area contributed by atoms with Gasteiger partial charge in [0, 0.05) is 5.41 Å². The van der Waals surface area contributed by atoms with Gasteiger partial charge < -0.3 is 0 Å². The molecule has 12 aromatic carbocycles. The first-order valence-electron chi connectivity index (χ1n) is 35.4. The second-order valence-corrected chi connectivity index (χ2v) is 30.2. The predicted octanol–water partition coefficient (Wildman–Crippen LogP) is 27.0. The molecule has 0 nitrogen and oxygen atoms in total. The second-order valence-electron chi connectivity index (χ2n) is 30.2. The zero-order valence-electron chi connectivity index (χ0n) is 56.5. The summed E-state index contributed by atoms with van der Waals surface area (Å²) >= 11 is 0. The molecule has 0 N–H and O–H groups in total. The van der Waals surface area contributed by atoms with Crippen molar-refractivity contribution in [1.29, 1.82) is 0 Å². The van der Waals surface area contributed by atoms with Gasteiger partial charge in [0.2, 0.25) is 0 Å². The maximum atomic E-state index is 2.73. The largest absolute Gasteiger partial charge is 0.0654 e. The molecule has 12 aromatic rings. The lowest BCUT2D eigenvalue weighted by molar-refractivity contribution is 0.580. The Hall–Kier alpha value is -7.02. The van der Waals surface area contributed by atoms with Crippen molar-refractivity contribution in [3.05, 3.63) is 190 Å². The highest BCUT2D eigenvalue weighted by molar-refractivity contribution is 6.45. The van der Waals surface area contributed by atoms with E-state index < -0.39 is 0 Å². The molecule has 13 rings (SSSR count). The molecule has 0 heterocycles. The van der Waals surface area contributed by atoms with Crippen molar-refractivity contribution in [3.63, 3.8) is 0 Å². The predicted molar refractivity (Wildman–Crippen MR) is 394 cm³/mol. The van der Waals surface area contributed by atoms with Crippen molar-refractivity contribution in [2.24, 2.45) is 0 Å². The molecule has 0 unspecified atom stereocenters. The first-order valence-corrected chi connectivity index (χ1v) is 35.4. The monoisotopic (exact) mass is 1170 g/mol. The highest BCUT2D eigenvalue weighted by Crippen LogP contribution is 2.58. The summed E-state index contributed by atoms with van der Waals surface area (Å²) in [7, 11) is 0. The van der Waals surface area contributed by atoms with Gasteiger partial charge in [-0.15, -0.1) is 0 Å². The Morgan fingerprint density at radius 1 is 0.292 bits per heavy atom. The fraction of sp³-hybridized carbons (Fsp3) is 0.393. The van der Waals surface area contributed by atoms with Crippen molar-refractivity contribution in [1.82, 2.24) is 0 Å². The molecule has 0 aliphatic heterocycles. The van der Waals surface area contributed by atoms with E-state index in [4.69, 9.17) is 0 Å². The van der Waals surface area contributed by atoms with Gasteiger partial charge in [-0.05, 0) is 245 Å². The highest BCUT2D eigenvalue weighted by atomic mass is 14.4. The molecule has 0 fully saturated rings. The van der Waals surface area contributed by atoms with Crippen LogP contribution in [0.1, 0.15) is 230 Å². The van der Waals surface area contributed by atoms with Gasteiger partial charge in [0.25, 0.3) is 0 Å². The van der Waals surface area contributed by atoms with Crippen LogP contribution < -0.4 is 0 Å². The van der Waals surface area contributed by atoms with Gasteiger partial charge >= 0.3 is 0 Å². The van der Waals surface area contributed by atoms with Gasteiger partial charge in [-0.2, -0.15) is 0 Å². The number of hydrogen-bond donors (Lipinski definition) is 0. The van der Waals surface area contributed by atoms with Gasteiger partial charge in [0.05, 0.1) is 0 Å². The third-order valence-electron chi connectivity index (χ3n) is 21.2. The molecule has 1 aliphatic carbocycles. The smallest absolute Gasteiger partial charge is 0.0159 e. The summed E-state index contributed by atoms with van der Waals surface area (Å²) in [6.45, 7) is 28.6. The van der Waals surface area contributed by atoms with Crippen LogP contribution in [0.25, 0.3) is 120 Å². The third-order valence-corrected chi connectivity index (χ3v) is 21.2. The fourth-order valence-electron chi connectivity index (χ4n) is 16.3. The normalized spacial score (nSPS) is 13.5. The van der Waals surface area contributed by atoms with Gasteiger partial charge in [-0.3, -0.25) is 0 Å². The number of unbranched alkanes of at least 4 members (excludes halogenated alkanes) is 12. The summed E-state index contributed by atoms with van der Waals surface area (Å²) in [6, 6.07) is 60.5. The Labute approximate surface area is 534 Å². The molecule has 0 heteroatoms. The summed E-state index contributed by atoms with van der Waals surface area (Å²) in [6.07, 6.45) is 24.7. The molecule has 0 atom stereocenters. The Kier molecular flexibility index (Phi) is 16.9. The molecule has 89 heavy (non-hydrogen) atoms. The van der Waals surface area contributed by atoms with E-state index in [0.29, 0.717) is 0 Å². The molecule has 0 saturated carbocycles. The van der Waals surface area contributed by atoms with Crippen LogP contribution in [0, 0.1) is 0 Å². The molecule has 0 amide bonds. The summed E-state index contributed by atoms with van der Waals surface area (Å²) in [4.78, 5) is 0. The van der Waals surface area contributed by atoms with Crippen molar-refractivity contribution in [3.8, 4) is 44.5 Å². The molecule has 0 bridgehead atoms. The molecular formula is C89H100. The lowest BCUT2D eigenvalue weighted by Gasteiger charge is -2.27. The summed E-state index contributed by atoms with van der Waals surface area (Å²) < 4.78 is 0. The first-order chi connectivity index (χ1) is 43.0. The van der Waals surface area contributed by atoms with E-state index in [0.717, 1.165) is 25.7 Å². The highest BCUT2D eigenvalue weighted by Gasteiger charge is 2.39.